The molecule has 5 nitrogen and oxygen atoms in total. The summed E-state index contributed by atoms with van der Waals surface area (Å²) in [5, 5.41) is 0. The molecule has 0 aliphatic carbocycles. The second-order valence-corrected chi connectivity index (χ2v) is 6.71. The molecule has 0 bridgehead atoms. The van der Waals surface area contributed by atoms with E-state index in [0.717, 1.165) is 16.9 Å². The van der Waals surface area contributed by atoms with Gasteiger partial charge in [-0.25, -0.2) is 0 Å². The largest absolute Gasteiger partial charge is 0.496 e. The SMILES string of the molecule is COc1ccccc1/C=C1\Oc2c(ccc3c2CN(C(C)C)CO3)C1=O. The summed E-state index contributed by atoms with van der Waals surface area (Å²) in [5.41, 5.74) is 2.32. The number of nitrogens with zero attached hydrogens (tertiary/aromatic N) is 1. The number of Topliss-reactive ketones (excluding diaryl/α,β-unsaturated/α-hetero) is 1. The van der Waals surface area contributed by atoms with Crippen LogP contribution in [0.3, 0.4) is 0 Å². The summed E-state index contributed by atoms with van der Waals surface area (Å²) >= 11 is 0. The Balaban J connectivity index is 1.72. The summed E-state index contributed by atoms with van der Waals surface area (Å²) in [7, 11) is 1.61. The van der Waals surface area contributed by atoms with Crippen LogP contribution in [0.2, 0.25) is 0 Å². The molecule has 4 rings (SSSR count). The Morgan fingerprint density at radius 3 is 2.77 bits per heavy atom. The van der Waals surface area contributed by atoms with Gasteiger partial charge in [-0.1, -0.05) is 18.2 Å². The fourth-order valence-electron chi connectivity index (χ4n) is 3.23. The van der Waals surface area contributed by atoms with E-state index in [1.54, 1.807) is 19.3 Å². The summed E-state index contributed by atoms with van der Waals surface area (Å²) in [4.78, 5) is 15.0. The quantitative estimate of drug-likeness (QED) is 0.786. The van der Waals surface area contributed by atoms with E-state index < -0.39 is 0 Å². The summed E-state index contributed by atoms with van der Waals surface area (Å²) < 4.78 is 17.2. The summed E-state index contributed by atoms with van der Waals surface area (Å²) in [6, 6.07) is 11.5. The Hall–Kier alpha value is -2.79. The van der Waals surface area contributed by atoms with Crippen molar-refractivity contribution in [2.75, 3.05) is 13.8 Å². The molecule has 0 spiro atoms. The molecule has 0 fully saturated rings. The maximum Gasteiger partial charge on any atom is 0.231 e. The average molecular weight is 351 g/mol. The number of allylic oxidation sites excluding steroid dienone is 1. The van der Waals surface area contributed by atoms with E-state index >= 15 is 0 Å². The first-order valence-electron chi connectivity index (χ1n) is 8.68. The second-order valence-electron chi connectivity index (χ2n) is 6.71. The lowest BCUT2D eigenvalue weighted by atomic mass is 10.0. The Morgan fingerprint density at radius 2 is 2.00 bits per heavy atom. The van der Waals surface area contributed by atoms with Gasteiger partial charge < -0.3 is 14.2 Å². The number of carbonyl (C=O) groups excluding carboxylic acids is 1. The molecule has 0 saturated heterocycles. The van der Waals surface area contributed by atoms with Gasteiger partial charge in [0.1, 0.15) is 24.0 Å². The number of hydrogen-bond donors (Lipinski definition) is 0. The van der Waals surface area contributed by atoms with Crippen LogP contribution in [0.5, 0.6) is 17.2 Å². The van der Waals surface area contributed by atoms with Gasteiger partial charge in [0.25, 0.3) is 0 Å². The Bertz CT molecular complexity index is 901. The monoisotopic (exact) mass is 351 g/mol. The maximum absolute atomic E-state index is 12.8. The molecule has 0 N–H and O–H groups in total. The third-order valence-corrected chi connectivity index (χ3v) is 4.80. The number of fused-ring (bicyclic) bond motifs is 3. The molecule has 0 unspecified atom stereocenters. The third kappa shape index (κ3) is 2.74. The number of ether oxygens (including phenoxy) is 3. The van der Waals surface area contributed by atoms with Crippen molar-refractivity contribution >= 4 is 11.9 Å². The van der Waals surface area contributed by atoms with Crippen LogP contribution in [0.25, 0.3) is 6.08 Å². The molecule has 134 valence electrons. The lowest BCUT2D eigenvalue weighted by molar-refractivity contribution is 0.0674. The molecule has 0 radical (unpaired) electrons. The molecule has 2 aromatic carbocycles. The van der Waals surface area contributed by atoms with Crippen molar-refractivity contribution in [1.29, 1.82) is 0 Å². The van der Waals surface area contributed by atoms with Crippen LogP contribution in [-0.2, 0) is 6.54 Å². The number of carbonyl (C=O) groups is 1. The average Bonchev–Trinajstić information content (AvgIpc) is 2.98. The molecule has 0 saturated carbocycles. The van der Waals surface area contributed by atoms with Crippen LogP contribution in [-0.4, -0.2) is 30.6 Å². The van der Waals surface area contributed by atoms with Crippen LogP contribution in [0, 0.1) is 0 Å². The third-order valence-electron chi connectivity index (χ3n) is 4.80. The number of hydrogen-bond acceptors (Lipinski definition) is 5. The minimum atomic E-state index is -0.115. The van der Waals surface area contributed by atoms with Gasteiger partial charge in [-0.05, 0) is 38.1 Å². The molecule has 0 atom stereocenters. The van der Waals surface area contributed by atoms with Crippen LogP contribution >= 0.6 is 0 Å². The van der Waals surface area contributed by atoms with Crippen molar-refractivity contribution in [1.82, 2.24) is 4.90 Å². The molecule has 26 heavy (non-hydrogen) atoms. The van der Waals surface area contributed by atoms with E-state index in [1.807, 2.05) is 30.3 Å². The maximum atomic E-state index is 12.8. The van der Waals surface area contributed by atoms with Crippen molar-refractivity contribution < 1.29 is 19.0 Å². The molecule has 0 amide bonds. The predicted molar refractivity (Wildman–Crippen MR) is 98.5 cm³/mol. The molecule has 5 heteroatoms. The standard InChI is InChI=1S/C21H21NO4/c1-13(2)22-11-16-18(25-12-22)9-8-15-20(23)19(26-21(15)16)10-14-6-4-5-7-17(14)24-3/h4-10,13H,11-12H2,1-3H3/b19-10-. The zero-order valence-electron chi connectivity index (χ0n) is 15.1. The second kappa shape index (κ2) is 6.50. The number of ketones is 1. The van der Waals surface area contributed by atoms with E-state index in [9.17, 15) is 4.79 Å². The van der Waals surface area contributed by atoms with Gasteiger partial charge in [-0.15, -0.1) is 0 Å². The highest BCUT2D eigenvalue weighted by Gasteiger charge is 2.34. The van der Waals surface area contributed by atoms with Gasteiger partial charge in [0.05, 0.1) is 18.2 Å². The van der Waals surface area contributed by atoms with Crippen molar-refractivity contribution in [3.63, 3.8) is 0 Å². The normalized spacial score (nSPS) is 17.7. The lowest BCUT2D eigenvalue weighted by Crippen LogP contribution is -2.37. The number of benzene rings is 2. The van der Waals surface area contributed by atoms with Gasteiger partial charge in [0.15, 0.2) is 5.76 Å². The first kappa shape index (κ1) is 16.7. The molecular formula is C21H21NO4. The highest BCUT2D eigenvalue weighted by molar-refractivity contribution is 6.15. The van der Waals surface area contributed by atoms with Gasteiger partial charge in [0.2, 0.25) is 5.78 Å². The van der Waals surface area contributed by atoms with Gasteiger partial charge >= 0.3 is 0 Å². The minimum absolute atomic E-state index is 0.115. The van der Waals surface area contributed by atoms with Crippen LogP contribution < -0.4 is 14.2 Å². The van der Waals surface area contributed by atoms with E-state index in [4.69, 9.17) is 14.2 Å². The van der Waals surface area contributed by atoms with E-state index in [0.29, 0.717) is 42.1 Å². The Kier molecular flexibility index (Phi) is 4.17. The van der Waals surface area contributed by atoms with Crippen LogP contribution in [0.1, 0.15) is 35.3 Å². The van der Waals surface area contributed by atoms with Crippen molar-refractivity contribution in [3.05, 3.63) is 58.8 Å². The zero-order valence-corrected chi connectivity index (χ0v) is 15.1. The topological polar surface area (TPSA) is 48.0 Å². The van der Waals surface area contributed by atoms with Gasteiger partial charge in [-0.2, -0.15) is 0 Å². The Labute approximate surface area is 152 Å². The van der Waals surface area contributed by atoms with E-state index in [-0.39, 0.29) is 5.78 Å². The molecule has 0 aromatic heterocycles. The molecule has 2 aliphatic rings. The number of para-hydroxylation sites is 1. The fourth-order valence-corrected chi connectivity index (χ4v) is 3.23. The van der Waals surface area contributed by atoms with Crippen LogP contribution in [0.15, 0.2) is 42.2 Å². The lowest BCUT2D eigenvalue weighted by Gasteiger charge is -2.32. The summed E-state index contributed by atoms with van der Waals surface area (Å²) in [6.07, 6.45) is 1.73. The molecular weight excluding hydrogens is 330 g/mol. The van der Waals surface area contributed by atoms with Crippen molar-refractivity contribution in [2.45, 2.75) is 26.4 Å². The fraction of sp³-hybridized carbons (Fsp3) is 0.286. The van der Waals surface area contributed by atoms with Gasteiger partial charge in [0, 0.05) is 18.2 Å². The van der Waals surface area contributed by atoms with E-state index in [1.165, 1.54) is 0 Å². The van der Waals surface area contributed by atoms with E-state index in [2.05, 4.69) is 18.7 Å². The zero-order chi connectivity index (χ0) is 18.3. The first-order chi connectivity index (χ1) is 12.6. The van der Waals surface area contributed by atoms with Crippen LogP contribution in [0.4, 0.5) is 0 Å². The number of methoxy groups -OCH3 is 1. The van der Waals surface area contributed by atoms with Gasteiger partial charge in [-0.3, -0.25) is 9.69 Å². The smallest absolute Gasteiger partial charge is 0.231 e. The summed E-state index contributed by atoms with van der Waals surface area (Å²) in [6.45, 7) is 5.49. The predicted octanol–water partition coefficient (Wildman–Crippen LogP) is 3.87. The molecule has 2 heterocycles. The summed E-state index contributed by atoms with van der Waals surface area (Å²) in [5.74, 6) is 2.28. The molecule has 2 aromatic rings. The minimum Gasteiger partial charge on any atom is -0.496 e. The number of rotatable bonds is 3. The Morgan fingerprint density at radius 1 is 1.19 bits per heavy atom. The van der Waals surface area contributed by atoms with Crippen molar-refractivity contribution in [3.8, 4) is 17.2 Å². The first-order valence-corrected chi connectivity index (χ1v) is 8.68. The molecule has 2 aliphatic heterocycles. The highest BCUT2D eigenvalue weighted by Crippen LogP contribution is 2.42. The highest BCUT2D eigenvalue weighted by atomic mass is 16.5. The van der Waals surface area contributed by atoms with Crippen molar-refractivity contribution in [2.24, 2.45) is 0 Å².